The maximum Gasteiger partial charge on any atom is 0.224 e. The molecule has 0 atom stereocenters. The van der Waals surface area contributed by atoms with Gasteiger partial charge in [0.1, 0.15) is 0 Å². The normalized spacial score (nSPS) is 16.4. The van der Waals surface area contributed by atoms with Gasteiger partial charge < -0.3 is 15.1 Å². The molecule has 2 rings (SSSR count). The Kier molecular flexibility index (Phi) is 4.80. The van der Waals surface area contributed by atoms with Gasteiger partial charge in [0.25, 0.3) is 0 Å². The number of rotatable bonds is 4. The second-order valence-corrected chi connectivity index (χ2v) is 5.14. The second kappa shape index (κ2) is 6.57. The molecular weight excluding hydrogens is 238 g/mol. The number of nitrogens with one attached hydrogen (secondary N) is 1. The van der Waals surface area contributed by atoms with Crippen molar-refractivity contribution >= 4 is 17.3 Å². The molecule has 19 heavy (non-hydrogen) atoms. The summed E-state index contributed by atoms with van der Waals surface area (Å²) < 4.78 is 0. The van der Waals surface area contributed by atoms with Crippen molar-refractivity contribution in [3.63, 3.8) is 0 Å². The fraction of sp³-hybridized carbons (Fsp3) is 0.533. The van der Waals surface area contributed by atoms with Crippen LogP contribution in [0.4, 0.5) is 11.4 Å². The second-order valence-electron chi connectivity index (χ2n) is 5.14. The molecule has 0 unspecified atom stereocenters. The van der Waals surface area contributed by atoms with Crippen LogP contribution >= 0.6 is 0 Å². The van der Waals surface area contributed by atoms with E-state index in [2.05, 4.69) is 34.3 Å². The highest BCUT2D eigenvalue weighted by atomic mass is 16.1. The molecule has 1 amide bonds. The molecule has 4 nitrogen and oxygen atoms in total. The average Bonchev–Trinajstić information content (AvgIpc) is 2.41. The van der Waals surface area contributed by atoms with Crippen LogP contribution in [0.5, 0.6) is 0 Å². The molecule has 1 heterocycles. The summed E-state index contributed by atoms with van der Waals surface area (Å²) in [7, 11) is 2.16. The Morgan fingerprint density at radius 1 is 1.16 bits per heavy atom. The number of piperazine rings is 1. The van der Waals surface area contributed by atoms with Crippen LogP contribution in [0.2, 0.25) is 0 Å². The first-order valence-electron chi connectivity index (χ1n) is 7.02. The molecular formula is C15H23N3O. The van der Waals surface area contributed by atoms with Crippen LogP contribution in [0.25, 0.3) is 0 Å². The number of benzene rings is 1. The molecule has 0 bridgehead atoms. The number of nitrogens with zero attached hydrogens (tertiary/aromatic N) is 2. The van der Waals surface area contributed by atoms with Gasteiger partial charge in [0, 0.05) is 44.0 Å². The zero-order chi connectivity index (χ0) is 13.7. The molecule has 0 aromatic heterocycles. The van der Waals surface area contributed by atoms with Crippen molar-refractivity contribution in [2.75, 3.05) is 43.4 Å². The lowest BCUT2D eigenvalue weighted by atomic mass is 10.2. The van der Waals surface area contributed by atoms with Crippen LogP contribution in [0.15, 0.2) is 24.3 Å². The van der Waals surface area contributed by atoms with Gasteiger partial charge in [-0.2, -0.15) is 0 Å². The summed E-state index contributed by atoms with van der Waals surface area (Å²) in [6.45, 7) is 6.36. The minimum Gasteiger partial charge on any atom is -0.369 e. The summed E-state index contributed by atoms with van der Waals surface area (Å²) >= 11 is 0. The number of hydrogen-bond acceptors (Lipinski definition) is 3. The van der Waals surface area contributed by atoms with Crippen molar-refractivity contribution < 1.29 is 4.79 Å². The highest BCUT2D eigenvalue weighted by Gasteiger charge is 2.13. The van der Waals surface area contributed by atoms with E-state index in [4.69, 9.17) is 0 Å². The van der Waals surface area contributed by atoms with E-state index in [1.165, 1.54) is 5.69 Å². The van der Waals surface area contributed by atoms with Crippen molar-refractivity contribution in [2.24, 2.45) is 0 Å². The highest BCUT2D eigenvalue weighted by molar-refractivity contribution is 5.90. The monoisotopic (exact) mass is 261 g/mol. The zero-order valence-corrected chi connectivity index (χ0v) is 11.9. The van der Waals surface area contributed by atoms with Gasteiger partial charge in [-0.05, 0) is 37.7 Å². The van der Waals surface area contributed by atoms with Crippen LogP contribution in [-0.2, 0) is 4.79 Å². The minimum atomic E-state index is 0.0925. The lowest BCUT2D eigenvalue weighted by molar-refractivity contribution is -0.116. The smallest absolute Gasteiger partial charge is 0.224 e. The number of carbonyl (C=O) groups is 1. The molecule has 0 aliphatic carbocycles. The number of hydrogen-bond donors (Lipinski definition) is 1. The third-order valence-electron chi connectivity index (χ3n) is 3.50. The van der Waals surface area contributed by atoms with Gasteiger partial charge >= 0.3 is 0 Å². The van der Waals surface area contributed by atoms with E-state index >= 15 is 0 Å². The largest absolute Gasteiger partial charge is 0.369 e. The van der Waals surface area contributed by atoms with E-state index in [0.717, 1.165) is 38.3 Å². The summed E-state index contributed by atoms with van der Waals surface area (Å²) in [6.07, 6.45) is 1.46. The Morgan fingerprint density at radius 2 is 1.79 bits per heavy atom. The molecule has 1 aliphatic rings. The molecule has 0 spiro atoms. The van der Waals surface area contributed by atoms with Crippen LogP contribution in [0, 0.1) is 0 Å². The van der Waals surface area contributed by atoms with Crippen LogP contribution in [-0.4, -0.2) is 44.0 Å². The molecule has 1 aromatic carbocycles. The van der Waals surface area contributed by atoms with Crippen molar-refractivity contribution in [3.05, 3.63) is 24.3 Å². The fourth-order valence-electron chi connectivity index (χ4n) is 2.27. The molecule has 1 aliphatic heterocycles. The summed E-state index contributed by atoms with van der Waals surface area (Å²) in [6, 6.07) is 8.15. The Balaban J connectivity index is 1.92. The van der Waals surface area contributed by atoms with E-state index < -0.39 is 0 Å². The van der Waals surface area contributed by atoms with Gasteiger partial charge in [0.2, 0.25) is 5.91 Å². The van der Waals surface area contributed by atoms with Crippen molar-refractivity contribution in [2.45, 2.75) is 19.8 Å². The SMILES string of the molecule is CCCC(=O)Nc1ccc(N2CCN(C)CC2)cc1. The van der Waals surface area contributed by atoms with E-state index in [9.17, 15) is 4.79 Å². The average molecular weight is 261 g/mol. The molecule has 0 saturated carbocycles. The zero-order valence-electron chi connectivity index (χ0n) is 11.9. The first-order valence-corrected chi connectivity index (χ1v) is 7.02. The fourth-order valence-corrected chi connectivity index (χ4v) is 2.27. The third-order valence-corrected chi connectivity index (χ3v) is 3.50. The lowest BCUT2D eigenvalue weighted by Gasteiger charge is -2.34. The maximum absolute atomic E-state index is 11.5. The van der Waals surface area contributed by atoms with Gasteiger partial charge in [0.15, 0.2) is 0 Å². The molecule has 1 aromatic rings. The van der Waals surface area contributed by atoms with Crippen molar-refractivity contribution in [3.8, 4) is 0 Å². The van der Waals surface area contributed by atoms with Gasteiger partial charge in [-0.3, -0.25) is 4.79 Å². The first-order chi connectivity index (χ1) is 9.19. The topological polar surface area (TPSA) is 35.6 Å². The van der Waals surface area contributed by atoms with Crippen LogP contribution < -0.4 is 10.2 Å². The van der Waals surface area contributed by atoms with E-state index in [1.54, 1.807) is 0 Å². The van der Waals surface area contributed by atoms with Crippen molar-refractivity contribution in [1.82, 2.24) is 4.90 Å². The molecule has 1 fully saturated rings. The minimum absolute atomic E-state index is 0.0925. The molecule has 4 heteroatoms. The Labute approximate surface area is 115 Å². The summed E-state index contributed by atoms with van der Waals surface area (Å²) in [4.78, 5) is 16.2. The summed E-state index contributed by atoms with van der Waals surface area (Å²) in [5.74, 6) is 0.0925. The van der Waals surface area contributed by atoms with E-state index in [0.29, 0.717) is 6.42 Å². The van der Waals surface area contributed by atoms with Gasteiger partial charge in [0.05, 0.1) is 0 Å². The van der Waals surface area contributed by atoms with Gasteiger partial charge in [-0.15, -0.1) is 0 Å². The summed E-state index contributed by atoms with van der Waals surface area (Å²) in [5.41, 5.74) is 2.12. The van der Waals surface area contributed by atoms with E-state index in [1.807, 2.05) is 19.1 Å². The number of likely N-dealkylation sites (N-methyl/N-ethyl adjacent to an activating group) is 1. The van der Waals surface area contributed by atoms with Gasteiger partial charge in [-0.25, -0.2) is 0 Å². The Bertz CT molecular complexity index is 408. The summed E-state index contributed by atoms with van der Waals surface area (Å²) in [5, 5.41) is 2.91. The Hall–Kier alpha value is -1.55. The third kappa shape index (κ3) is 3.96. The molecule has 1 saturated heterocycles. The maximum atomic E-state index is 11.5. The standard InChI is InChI=1S/C15H23N3O/c1-3-4-15(19)16-13-5-7-14(8-6-13)18-11-9-17(2)10-12-18/h5-8H,3-4,9-12H2,1-2H3,(H,16,19). The number of amides is 1. The van der Waals surface area contributed by atoms with Crippen LogP contribution in [0.3, 0.4) is 0 Å². The number of anilines is 2. The lowest BCUT2D eigenvalue weighted by Crippen LogP contribution is -2.44. The van der Waals surface area contributed by atoms with Crippen molar-refractivity contribution in [1.29, 1.82) is 0 Å². The molecule has 104 valence electrons. The van der Waals surface area contributed by atoms with Crippen LogP contribution in [0.1, 0.15) is 19.8 Å². The quantitative estimate of drug-likeness (QED) is 0.902. The highest BCUT2D eigenvalue weighted by Crippen LogP contribution is 2.19. The predicted molar refractivity (Wildman–Crippen MR) is 79.7 cm³/mol. The first kappa shape index (κ1) is 13.9. The van der Waals surface area contributed by atoms with Gasteiger partial charge in [-0.1, -0.05) is 6.92 Å². The number of carbonyl (C=O) groups excluding carboxylic acids is 1. The molecule has 0 radical (unpaired) electrons. The predicted octanol–water partition coefficient (Wildman–Crippen LogP) is 2.18. The van der Waals surface area contributed by atoms with E-state index in [-0.39, 0.29) is 5.91 Å². The molecule has 1 N–H and O–H groups in total. The Morgan fingerprint density at radius 3 is 2.37 bits per heavy atom.